The molecule has 5 nitrogen and oxygen atoms in total. The summed E-state index contributed by atoms with van der Waals surface area (Å²) in [7, 11) is 0. The van der Waals surface area contributed by atoms with E-state index in [0.29, 0.717) is 25.8 Å². The molecule has 2 N–H and O–H groups in total. The molecule has 114 valence electrons. The van der Waals surface area contributed by atoms with Gasteiger partial charge in [0.05, 0.1) is 18.8 Å². The number of rotatable bonds is 3. The predicted octanol–water partition coefficient (Wildman–Crippen LogP) is 1.32. The Morgan fingerprint density at radius 1 is 1.10 bits per heavy atom. The molecule has 0 amide bonds. The molecular formula is C16H22N2O3. The van der Waals surface area contributed by atoms with Crippen LogP contribution in [0.15, 0.2) is 18.2 Å². The van der Waals surface area contributed by atoms with Gasteiger partial charge in [-0.05, 0) is 30.5 Å². The molecule has 2 atom stereocenters. The van der Waals surface area contributed by atoms with Crippen LogP contribution in [0, 0.1) is 0 Å². The fraction of sp³-hybridized carbons (Fsp3) is 0.625. The topological polar surface area (TPSA) is 57.0 Å². The first kappa shape index (κ1) is 13.4. The third-order valence-corrected chi connectivity index (χ3v) is 4.55. The van der Waals surface area contributed by atoms with Gasteiger partial charge < -0.3 is 19.9 Å². The molecular weight excluding hydrogens is 268 g/mol. The van der Waals surface area contributed by atoms with Crippen LogP contribution in [0.25, 0.3) is 0 Å². The van der Waals surface area contributed by atoms with Crippen LogP contribution in [0.3, 0.4) is 0 Å². The summed E-state index contributed by atoms with van der Waals surface area (Å²) in [6, 6.07) is 7.17. The maximum Gasteiger partial charge on any atom is 0.161 e. The Bertz CT molecular complexity index is 518. The summed E-state index contributed by atoms with van der Waals surface area (Å²) >= 11 is 0. The minimum absolute atomic E-state index is 0.0573. The number of fused-ring (bicyclic) bond motifs is 1. The highest BCUT2D eigenvalue weighted by atomic mass is 16.6. The summed E-state index contributed by atoms with van der Waals surface area (Å²) < 4.78 is 17.2. The third-order valence-electron chi connectivity index (χ3n) is 4.55. The first-order chi connectivity index (χ1) is 10.4. The molecule has 0 spiro atoms. The van der Waals surface area contributed by atoms with E-state index in [1.165, 1.54) is 18.4 Å². The standard InChI is InChI=1S/C16H22N2O3/c17-10-15-16(18(5-6-19-15)12-2-3-12)11-1-4-13-14(9-11)21-8-7-20-13/h1,4,9,12,15-16H,2-3,5-8,10,17H2. The largest absolute Gasteiger partial charge is 0.486 e. The molecule has 5 heteroatoms. The average Bonchev–Trinajstić information content (AvgIpc) is 3.38. The van der Waals surface area contributed by atoms with Gasteiger partial charge in [-0.2, -0.15) is 0 Å². The van der Waals surface area contributed by atoms with Gasteiger partial charge in [-0.25, -0.2) is 0 Å². The molecule has 1 aromatic carbocycles. The second-order valence-electron chi connectivity index (χ2n) is 5.96. The summed E-state index contributed by atoms with van der Waals surface area (Å²) in [5.41, 5.74) is 7.17. The number of ether oxygens (including phenoxy) is 3. The summed E-state index contributed by atoms with van der Waals surface area (Å²) in [5, 5.41) is 0. The first-order valence-electron chi connectivity index (χ1n) is 7.84. The van der Waals surface area contributed by atoms with Gasteiger partial charge in [0.1, 0.15) is 13.2 Å². The molecule has 2 fully saturated rings. The van der Waals surface area contributed by atoms with Gasteiger partial charge in [0.2, 0.25) is 0 Å². The van der Waals surface area contributed by atoms with Crippen molar-refractivity contribution in [2.45, 2.75) is 31.0 Å². The highest BCUT2D eigenvalue weighted by molar-refractivity contribution is 5.45. The Balaban J connectivity index is 1.67. The minimum Gasteiger partial charge on any atom is -0.486 e. The number of hydrogen-bond donors (Lipinski definition) is 1. The smallest absolute Gasteiger partial charge is 0.161 e. The van der Waals surface area contributed by atoms with Crippen LogP contribution in [0.5, 0.6) is 11.5 Å². The van der Waals surface area contributed by atoms with Crippen molar-refractivity contribution in [3.05, 3.63) is 23.8 Å². The van der Waals surface area contributed by atoms with Crippen LogP contribution in [-0.2, 0) is 4.74 Å². The van der Waals surface area contributed by atoms with Gasteiger partial charge in [0.15, 0.2) is 11.5 Å². The predicted molar refractivity (Wildman–Crippen MR) is 78.7 cm³/mol. The molecule has 2 heterocycles. The van der Waals surface area contributed by atoms with Gasteiger partial charge in [0.25, 0.3) is 0 Å². The lowest BCUT2D eigenvalue weighted by atomic mass is 9.97. The quantitative estimate of drug-likeness (QED) is 0.910. The van der Waals surface area contributed by atoms with Crippen LogP contribution in [0.2, 0.25) is 0 Å². The molecule has 1 saturated carbocycles. The Hall–Kier alpha value is -1.30. The summed E-state index contributed by atoms with van der Waals surface area (Å²) in [4.78, 5) is 2.56. The molecule has 2 aliphatic heterocycles. The zero-order valence-electron chi connectivity index (χ0n) is 12.2. The van der Waals surface area contributed by atoms with E-state index < -0.39 is 0 Å². The van der Waals surface area contributed by atoms with Crippen molar-refractivity contribution in [3.63, 3.8) is 0 Å². The molecule has 0 bridgehead atoms. The summed E-state index contributed by atoms with van der Waals surface area (Å²) in [6.07, 6.45) is 2.64. The number of morpholine rings is 1. The lowest BCUT2D eigenvalue weighted by Gasteiger charge is -2.41. The number of hydrogen-bond acceptors (Lipinski definition) is 5. The van der Waals surface area contributed by atoms with E-state index in [1.54, 1.807) is 0 Å². The normalized spacial score (nSPS) is 29.4. The van der Waals surface area contributed by atoms with Crippen molar-refractivity contribution < 1.29 is 14.2 Å². The number of nitrogens with zero attached hydrogens (tertiary/aromatic N) is 1. The van der Waals surface area contributed by atoms with E-state index in [-0.39, 0.29) is 12.1 Å². The zero-order valence-corrected chi connectivity index (χ0v) is 12.2. The lowest BCUT2D eigenvalue weighted by Crippen LogP contribution is -2.49. The van der Waals surface area contributed by atoms with Crippen molar-refractivity contribution in [2.24, 2.45) is 5.73 Å². The molecule has 4 rings (SSSR count). The second kappa shape index (κ2) is 5.48. The monoisotopic (exact) mass is 290 g/mol. The maximum absolute atomic E-state index is 5.94. The van der Waals surface area contributed by atoms with E-state index in [9.17, 15) is 0 Å². The summed E-state index contributed by atoms with van der Waals surface area (Å²) in [6.45, 7) is 3.55. The molecule has 3 aliphatic rings. The van der Waals surface area contributed by atoms with E-state index in [4.69, 9.17) is 19.9 Å². The second-order valence-corrected chi connectivity index (χ2v) is 5.96. The fourth-order valence-electron chi connectivity index (χ4n) is 3.42. The van der Waals surface area contributed by atoms with Crippen molar-refractivity contribution in [1.82, 2.24) is 4.90 Å². The number of benzene rings is 1. The van der Waals surface area contributed by atoms with E-state index in [0.717, 1.165) is 24.7 Å². The van der Waals surface area contributed by atoms with Crippen LogP contribution < -0.4 is 15.2 Å². The van der Waals surface area contributed by atoms with Crippen molar-refractivity contribution in [3.8, 4) is 11.5 Å². The maximum atomic E-state index is 5.94. The molecule has 21 heavy (non-hydrogen) atoms. The van der Waals surface area contributed by atoms with Crippen molar-refractivity contribution >= 4 is 0 Å². The van der Waals surface area contributed by atoms with Crippen molar-refractivity contribution in [2.75, 3.05) is 32.9 Å². The SMILES string of the molecule is NCC1OCCN(C2CC2)C1c1ccc2c(c1)OCCO2. The van der Waals surface area contributed by atoms with Gasteiger partial charge in [-0.1, -0.05) is 6.07 Å². The molecule has 1 aliphatic carbocycles. The molecule has 0 aromatic heterocycles. The zero-order chi connectivity index (χ0) is 14.2. The van der Waals surface area contributed by atoms with E-state index in [2.05, 4.69) is 17.0 Å². The molecule has 0 radical (unpaired) electrons. The van der Waals surface area contributed by atoms with Crippen LogP contribution in [0.4, 0.5) is 0 Å². The Labute approximate surface area is 125 Å². The van der Waals surface area contributed by atoms with Crippen LogP contribution in [0.1, 0.15) is 24.4 Å². The van der Waals surface area contributed by atoms with Gasteiger partial charge in [-0.3, -0.25) is 4.90 Å². The highest BCUT2D eigenvalue weighted by Gasteiger charge is 2.41. The number of nitrogens with two attached hydrogens (primary N) is 1. The Morgan fingerprint density at radius 3 is 2.67 bits per heavy atom. The van der Waals surface area contributed by atoms with Gasteiger partial charge >= 0.3 is 0 Å². The minimum atomic E-state index is 0.0573. The Morgan fingerprint density at radius 2 is 1.90 bits per heavy atom. The van der Waals surface area contributed by atoms with E-state index >= 15 is 0 Å². The average molecular weight is 290 g/mol. The summed E-state index contributed by atoms with van der Waals surface area (Å²) in [5.74, 6) is 1.68. The van der Waals surface area contributed by atoms with E-state index in [1.807, 2.05) is 6.07 Å². The highest BCUT2D eigenvalue weighted by Crippen LogP contribution is 2.41. The van der Waals surface area contributed by atoms with Crippen LogP contribution >= 0.6 is 0 Å². The van der Waals surface area contributed by atoms with Crippen LogP contribution in [-0.4, -0.2) is 50.0 Å². The third kappa shape index (κ3) is 2.50. The van der Waals surface area contributed by atoms with Crippen molar-refractivity contribution in [1.29, 1.82) is 0 Å². The fourth-order valence-corrected chi connectivity index (χ4v) is 3.42. The first-order valence-corrected chi connectivity index (χ1v) is 7.84. The Kier molecular flexibility index (Phi) is 3.49. The lowest BCUT2D eigenvalue weighted by molar-refractivity contribution is -0.0713. The van der Waals surface area contributed by atoms with Gasteiger partial charge in [0, 0.05) is 19.1 Å². The molecule has 1 saturated heterocycles. The molecule has 1 aromatic rings. The van der Waals surface area contributed by atoms with Gasteiger partial charge in [-0.15, -0.1) is 0 Å². The molecule has 2 unspecified atom stereocenters.